The Bertz CT molecular complexity index is 803. The van der Waals surface area contributed by atoms with Gasteiger partial charge in [-0.15, -0.1) is 0 Å². The second kappa shape index (κ2) is 5.96. The number of hydrogen-bond donors (Lipinski definition) is 0. The van der Waals surface area contributed by atoms with Crippen molar-refractivity contribution < 1.29 is 17.5 Å². The second-order valence-corrected chi connectivity index (χ2v) is 6.97. The summed E-state index contributed by atoms with van der Waals surface area (Å²) in [6.07, 6.45) is 0. The number of aryl methyl sites for hydroxylation is 2. The molecule has 118 valence electrons. The molecule has 0 aliphatic carbocycles. The van der Waals surface area contributed by atoms with Crippen molar-refractivity contribution in [3.63, 3.8) is 0 Å². The van der Waals surface area contributed by atoms with Gasteiger partial charge in [-0.2, -0.15) is 0 Å². The van der Waals surface area contributed by atoms with Crippen LogP contribution in [0.5, 0.6) is 5.75 Å². The molecule has 2 aromatic carbocycles. The van der Waals surface area contributed by atoms with E-state index >= 15 is 0 Å². The molecule has 22 heavy (non-hydrogen) atoms. The van der Waals surface area contributed by atoms with Crippen LogP contribution >= 0.6 is 0 Å². The highest BCUT2D eigenvalue weighted by Crippen LogP contribution is 2.30. The summed E-state index contributed by atoms with van der Waals surface area (Å²) in [7, 11) is -1.13. The fourth-order valence-electron chi connectivity index (χ4n) is 2.06. The van der Waals surface area contributed by atoms with E-state index in [9.17, 15) is 12.8 Å². The van der Waals surface area contributed by atoms with Gasteiger partial charge in [0.05, 0.1) is 12.8 Å². The highest BCUT2D eigenvalue weighted by Gasteiger charge is 2.26. The van der Waals surface area contributed by atoms with Crippen molar-refractivity contribution in [1.29, 1.82) is 0 Å². The Kier molecular flexibility index (Phi) is 4.42. The van der Waals surface area contributed by atoms with Crippen molar-refractivity contribution in [1.82, 2.24) is 0 Å². The van der Waals surface area contributed by atoms with E-state index in [0.29, 0.717) is 5.69 Å². The zero-order chi connectivity index (χ0) is 16.5. The molecule has 0 saturated carbocycles. The van der Waals surface area contributed by atoms with Crippen LogP contribution in [0, 0.1) is 19.7 Å². The van der Waals surface area contributed by atoms with E-state index < -0.39 is 15.8 Å². The molecule has 2 aromatic rings. The molecule has 0 saturated heterocycles. The van der Waals surface area contributed by atoms with E-state index in [0.717, 1.165) is 27.6 Å². The Morgan fingerprint density at radius 2 is 1.73 bits per heavy atom. The number of nitrogens with zero attached hydrogens (tertiary/aromatic N) is 1. The average molecular weight is 323 g/mol. The number of benzene rings is 2. The third-order valence-corrected chi connectivity index (χ3v) is 5.42. The summed E-state index contributed by atoms with van der Waals surface area (Å²) in [4.78, 5) is -0.198. The molecule has 0 amide bonds. The number of hydrogen-bond acceptors (Lipinski definition) is 3. The fraction of sp³-hybridized carbons (Fsp3) is 0.250. The minimum absolute atomic E-state index is 0.108. The Labute approximate surface area is 130 Å². The fourth-order valence-corrected chi connectivity index (χ4v) is 3.41. The molecule has 0 aliphatic heterocycles. The van der Waals surface area contributed by atoms with Crippen LogP contribution in [0.25, 0.3) is 0 Å². The lowest BCUT2D eigenvalue weighted by Gasteiger charge is -2.21. The zero-order valence-electron chi connectivity index (χ0n) is 12.9. The van der Waals surface area contributed by atoms with Gasteiger partial charge in [0.1, 0.15) is 16.5 Å². The van der Waals surface area contributed by atoms with E-state index in [-0.39, 0.29) is 10.6 Å². The molecule has 0 radical (unpaired) electrons. The molecule has 0 N–H and O–H groups in total. The van der Waals surface area contributed by atoms with Gasteiger partial charge in [-0.3, -0.25) is 4.31 Å². The van der Waals surface area contributed by atoms with Crippen LogP contribution in [-0.2, 0) is 10.0 Å². The molecule has 6 heteroatoms. The third kappa shape index (κ3) is 2.92. The van der Waals surface area contributed by atoms with E-state index in [1.54, 1.807) is 12.1 Å². The van der Waals surface area contributed by atoms with Crippen molar-refractivity contribution in [3.8, 4) is 5.75 Å². The summed E-state index contributed by atoms with van der Waals surface area (Å²) in [6, 6.07) is 8.76. The van der Waals surface area contributed by atoms with Gasteiger partial charge in [-0.1, -0.05) is 6.07 Å². The maximum absolute atomic E-state index is 13.5. The van der Waals surface area contributed by atoms with Gasteiger partial charge in [-0.25, -0.2) is 12.8 Å². The molecular formula is C16H18FNO3S. The molecule has 2 rings (SSSR count). The Morgan fingerprint density at radius 3 is 2.32 bits per heavy atom. The first-order chi connectivity index (χ1) is 10.3. The number of rotatable bonds is 4. The molecule has 0 heterocycles. The highest BCUT2D eigenvalue weighted by atomic mass is 32.2. The monoisotopic (exact) mass is 323 g/mol. The van der Waals surface area contributed by atoms with Crippen LogP contribution < -0.4 is 9.04 Å². The summed E-state index contributed by atoms with van der Waals surface area (Å²) in [5, 5.41) is 0. The lowest BCUT2D eigenvalue weighted by atomic mass is 10.1. The largest absolute Gasteiger partial charge is 0.495 e. The topological polar surface area (TPSA) is 46.6 Å². The first-order valence-electron chi connectivity index (χ1n) is 6.67. The van der Waals surface area contributed by atoms with E-state index in [4.69, 9.17) is 4.74 Å². The number of halogens is 1. The van der Waals surface area contributed by atoms with Crippen LogP contribution in [0.4, 0.5) is 10.1 Å². The molecule has 0 spiro atoms. The predicted molar refractivity (Wildman–Crippen MR) is 84.5 cm³/mol. The minimum Gasteiger partial charge on any atom is -0.495 e. The van der Waals surface area contributed by atoms with Crippen LogP contribution in [-0.4, -0.2) is 22.6 Å². The number of methoxy groups -OCH3 is 1. The summed E-state index contributed by atoms with van der Waals surface area (Å²) < 4.78 is 45.1. The van der Waals surface area contributed by atoms with Crippen molar-refractivity contribution in [2.45, 2.75) is 18.7 Å². The number of sulfonamides is 1. The van der Waals surface area contributed by atoms with Crippen molar-refractivity contribution in [2.75, 3.05) is 18.5 Å². The predicted octanol–water partition coefficient (Wildman–Crippen LogP) is 3.28. The van der Waals surface area contributed by atoms with E-state index in [1.165, 1.54) is 20.2 Å². The summed E-state index contributed by atoms with van der Waals surface area (Å²) in [5.74, 6) is -0.523. The van der Waals surface area contributed by atoms with Crippen LogP contribution in [0.2, 0.25) is 0 Å². The van der Waals surface area contributed by atoms with Gasteiger partial charge in [0.15, 0.2) is 0 Å². The first kappa shape index (κ1) is 16.3. The standard InChI is InChI=1S/C16H18FNO3S/c1-11-5-7-14(9-12(11)2)18(3)22(19,20)16-10-13(17)6-8-15(16)21-4/h5-10H,1-4H3. The third-order valence-electron chi connectivity index (χ3n) is 3.62. The maximum Gasteiger partial charge on any atom is 0.267 e. The molecule has 0 atom stereocenters. The SMILES string of the molecule is COc1ccc(F)cc1S(=O)(=O)N(C)c1ccc(C)c(C)c1. The maximum atomic E-state index is 13.5. The van der Waals surface area contributed by atoms with Gasteiger partial charge in [0.2, 0.25) is 0 Å². The van der Waals surface area contributed by atoms with Crippen LogP contribution in [0.1, 0.15) is 11.1 Å². The summed E-state index contributed by atoms with van der Waals surface area (Å²) >= 11 is 0. The molecule has 0 aliphatic rings. The van der Waals surface area contributed by atoms with Crippen LogP contribution in [0.3, 0.4) is 0 Å². The second-order valence-electron chi connectivity index (χ2n) is 5.04. The smallest absolute Gasteiger partial charge is 0.267 e. The lowest BCUT2D eigenvalue weighted by Crippen LogP contribution is -2.27. The Morgan fingerprint density at radius 1 is 1.05 bits per heavy atom. The first-order valence-corrected chi connectivity index (χ1v) is 8.11. The minimum atomic E-state index is -3.92. The number of anilines is 1. The molecule has 0 unspecified atom stereocenters. The Balaban J connectivity index is 2.54. The van der Waals surface area contributed by atoms with E-state index in [2.05, 4.69) is 0 Å². The zero-order valence-corrected chi connectivity index (χ0v) is 13.7. The van der Waals surface area contributed by atoms with Gasteiger partial charge >= 0.3 is 0 Å². The highest BCUT2D eigenvalue weighted by molar-refractivity contribution is 7.92. The lowest BCUT2D eigenvalue weighted by molar-refractivity contribution is 0.401. The number of ether oxygens (including phenoxy) is 1. The summed E-state index contributed by atoms with van der Waals surface area (Å²) in [6.45, 7) is 3.85. The van der Waals surface area contributed by atoms with Crippen molar-refractivity contribution >= 4 is 15.7 Å². The summed E-state index contributed by atoms with van der Waals surface area (Å²) in [5.41, 5.74) is 2.55. The van der Waals surface area contributed by atoms with Gasteiger partial charge in [0, 0.05) is 7.05 Å². The van der Waals surface area contributed by atoms with Crippen LogP contribution in [0.15, 0.2) is 41.3 Å². The molecular weight excluding hydrogens is 305 g/mol. The molecule has 0 bridgehead atoms. The van der Waals surface area contributed by atoms with Gasteiger partial charge < -0.3 is 4.74 Å². The van der Waals surface area contributed by atoms with Crippen molar-refractivity contribution in [3.05, 3.63) is 53.3 Å². The molecule has 0 fully saturated rings. The van der Waals surface area contributed by atoms with Gasteiger partial charge in [0.25, 0.3) is 10.0 Å². The quantitative estimate of drug-likeness (QED) is 0.867. The van der Waals surface area contributed by atoms with E-state index in [1.807, 2.05) is 19.9 Å². The van der Waals surface area contributed by atoms with Gasteiger partial charge in [-0.05, 0) is 55.3 Å². The molecule has 4 nitrogen and oxygen atoms in total. The Hall–Kier alpha value is -2.08. The normalized spacial score (nSPS) is 11.3. The average Bonchev–Trinajstić information content (AvgIpc) is 2.49. The molecule has 0 aromatic heterocycles. The van der Waals surface area contributed by atoms with Crippen molar-refractivity contribution in [2.24, 2.45) is 0 Å².